The first-order valence-corrected chi connectivity index (χ1v) is 6.94. The Hall–Kier alpha value is -1.73. The van der Waals surface area contributed by atoms with Gasteiger partial charge < -0.3 is 10.4 Å². The molecular formula is C12H9BrN2O3S. The van der Waals surface area contributed by atoms with E-state index in [2.05, 4.69) is 26.2 Å². The fraction of sp³-hybridized carbons (Fsp3) is 0.0833. The minimum Gasteiger partial charge on any atom is -0.479 e. The molecule has 0 aliphatic heterocycles. The van der Waals surface area contributed by atoms with Crippen LogP contribution in [0.3, 0.4) is 0 Å². The van der Waals surface area contributed by atoms with Crippen LogP contribution in [0, 0.1) is 0 Å². The number of aliphatic carboxylic acids is 1. The monoisotopic (exact) mass is 340 g/mol. The number of carbonyl (C=O) groups is 2. The van der Waals surface area contributed by atoms with Gasteiger partial charge in [0.05, 0.1) is 5.56 Å². The highest BCUT2D eigenvalue weighted by molar-refractivity contribution is 9.10. The van der Waals surface area contributed by atoms with Gasteiger partial charge >= 0.3 is 5.97 Å². The van der Waals surface area contributed by atoms with Gasteiger partial charge in [0.2, 0.25) is 0 Å². The summed E-state index contributed by atoms with van der Waals surface area (Å²) in [4.78, 5) is 27.6. The smallest absolute Gasteiger partial charge is 0.331 e. The minimum atomic E-state index is -1.10. The van der Waals surface area contributed by atoms with Gasteiger partial charge in [-0.1, -0.05) is 6.07 Å². The molecule has 1 atom stereocenters. The molecule has 0 bridgehead atoms. The third kappa shape index (κ3) is 3.39. The summed E-state index contributed by atoms with van der Waals surface area (Å²) in [5.41, 5.74) is 0.311. The number of amides is 1. The molecule has 19 heavy (non-hydrogen) atoms. The molecule has 7 heteroatoms. The second-order valence-electron chi connectivity index (χ2n) is 3.63. The Morgan fingerprint density at radius 3 is 2.68 bits per heavy atom. The molecule has 0 fully saturated rings. The quantitative estimate of drug-likeness (QED) is 0.838. The Labute approximate surface area is 121 Å². The summed E-state index contributed by atoms with van der Waals surface area (Å²) in [6.07, 6.45) is 1.38. The van der Waals surface area contributed by atoms with Gasteiger partial charge in [0.25, 0.3) is 5.91 Å². The molecule has 0 aliphatic rings. The van der Waals surface area contributed by atoms with Crippen molar-refractivity contribution >= 4 is 39.1 Å². The van der Waals surface area contributed by atoms with E-state index in [1.165, 1.54) is 17.5 Å². The third-order valence-corrected chi connectivity index (χ3v) is 3.75. The van der Waals surface area contributed by atoms with E-state index in [0.717, 1.165) is 0 Å². The number of hydrogen-bond acceptors (Lipinski definition) is 4. The van der Waals surface area contributed by atoms with Gasteiger partial charge in [-0.05, 0) is 39.5 Å². The molecule has 1 unspecified atom stereocenters. The second-order valence-corrected chi connectivity index (χ2v) is 5.42. The largest absolute Gasteiger partial charge is 0.479 e. The summed E-state index contributed by atoms with van der Waals surface area (Å²) in [5, 5.41) is 13.4. The molecule has 2 rings (SSSR count). The van der Waals surface area contributed by atoms with E-state index in [0.29, 0.717) is 15.0 Å². The molecule has 2 N–H and O–H groups in total. The number of nitrogens with zero attached hydrogens (tertiary/aromatic N) is 1. The average Bonchev–Trinajstić information content (AvgIpc) is 2.89. The van der Waals surface area contributed by atoms with Crippen LogP contribution in [0.15, 0.2) is 40.4 Å². The first kappa shape index (κ1) is 13.7. The summed E-state index contributed by atoms with van der Waals surface area (Å²) in [6, 6.07) is 5.55. The van der Waals surface area contributed by atoms with Crippen molar-refractivity contribution in [1.29, 1.82) is 0 Å². The van der Waals surface area contributed by atoms with Crippen LogP contribution in [0.5, 0.6) is 0 Å². The Morgan fingerprint density at radius 1 is 1.37 bits per heavy atom. The van der Waals surface area contributed by atoms with Crippen LogP contribution in [0.1, 0.15) is 21.3 Å². The molecule has 98 valence electrons. The predicted molar refractivity (Wildman–Crippen MR) is 74.1 cm³/mol. The number of thiophene rings is 1. The number of nitrogens with one attached hydrogen (secondary N) is 1. The fourth-order valence-electron chi connectivity index (χ4n) is 1.43. The number of halogens is 1. The zero-order chi connectivity index (χ0) is 13.8. The highest BCUT2D eigenvalue weighted by Crippen LogP contribution is 2.19. The molecule has 0 aromatic carbocycles. The van der Waals surface area contributed by atoms with Crippen molar-refractivity contribution in [3.63, 3.8) is 0 Å². The van der Waals surface area contributed by atoms with Gasteiger partial charge in [-0.2, -0.15) is 0 Å². The molecule has 0 radical (unpaired) electrons. The second kappa shape index (κ2) is 5.94. The molecule has 0 saturated carbocycles. The Bertz CT molecular complexity index is 584. The predicted octanol–water partition coefficient (Wildman–Crippen LogP) is 2.46. The lowest BCUT2D eigenvalue weighted by atomic mass is 10.2. The molecule has 0 spiro atoms. The van der Waals surface area contributed by atoms with E-state index in [1.807, 2.05) is 0 Å². The van der Waals surface area contributed by atoms with Gasteiger partial charge in [0.1, 0.15) is 4.60 Å². The SMILES string of the molecule is O=C(NC(C(=O)O)c1cccs1)c1ccc(Br)nc1. The van der Waals surface area contributed by atoms with Gasteiger partial charge in [-0.15, -0.1) is 11.3 Å². The first-order chi connectivity index (χ1) is 9.08. The molecule has 2 aromatic heterocycles. The average molecular weight is 341 g/mol. The number of aromatic nitrogens is 1. The maximum Gasteiger partial charge on any atom is 0.331 e. The van der Waals surface area contributed by atoms with E-state index in [4.69, 9.17) is 5.11 Å². The van der Waals surface area contributed by atoms with E-state index >= 15 is 0 Å². The van der Waals surface area contributed by atoms with Crippen LogP contribution in [0.4, 0.5) is 0 Å². The third-order valence-electron chi connectivity index (χ3n) is 2.34. The maximum absolute atomic E-state index is 11.9. The van der Waals surface area contributed by atoms with E-state index in [1.54, 1.807) is 29.6 Å². The fourth-order valence-corrected chi connectivity index (χ4v) is 2.44. The number of rotatable bonds is 4. The van der Waals surface area contributed by atoms with Crippen molar-refractivity contribution in [3.05, 3.63) is 50.9 Å². The lowest BCUT2D eigenvalue weighted by Crippen LogP contribution is -2.33. The minimum absolute atomic E-state index is 0.311. The van der Waals surface area contributed by atoms with Gasteiger partial charge in [0, 0.05) is 11.1 Å². The highest BCUT2D eigenvalue weighted by Gasteiger charge is 2.23. The van der Waals surface area contributed by atoms with Crippen LogP contribution in [0.25, 0.3) is 0 Å². The summed E-state index contributed by atoms with van der Waals surface area (Å²) in [7, 11) is 0. The van der Waals surface area contributed by atoms with Crippen molar-refractivity contribution in [2.24, 2.45) is 0 Å². The number of carboxylic acids is 1. The molecule has 0 aliphatic carbocycles. The normalized spacial score (nSPS) is 11.8. The zero-order valence-corrected chi connectivity index (χ0v) is 11.9. The van der Waals surface area contributed by atoms with Crippen molar-refractivity contribution in [3.8, 4) is 0 Å². The Balaban J connectivity index is 2.16. The lowest BCUT2D eigenvalue weighted by Gasteiger charge is -2.12. The molecule has 5 nitrogen and oxygen atoms in total. The van der Waals surface area contributed by atoms with Gasteiger partial charge in [-0.25, -0.2) is 9.78 Å². The molecular weight excluding hydrogens is 332 g/mol. The van der Waals surface area contributed by atoms with Gasteiger partial charge in [-0.3, -0.25) is 4.79 Å². The van der Waals surface area contributed by atoms with E-state index < -0.39 is 17.9 Å². The van der Waals surface area contributed by atoms with Crippen molar-refractivity contribution in [2.75, 3.05) is 0 Å². The molecule has 2 heterocycles. The first-order valence-electron chi connectivity index (χ1n) is 5.26. The number of carboxylic acid groups (broad SMARTS) is 1. The van der Waals surface area contributed by atoms with Crippen molar-refractivity contribution in [1.82, 2.24) is 10.3 Å². The zero-order valence-electron chi connectivity index (χ0n) is 9.54. The lowest BCUT2D eigenvalue weighted by molar-refractivity contribution is -0.139. The van der Waals surface area contributed by atoms with Crippen LogP contribution < -0.4 is 5.32 Å². The van der Waals surface area contributed by atoms with E-state index in [9.17, 15) is 9.59 Å². The Kier molecular flexibility index (Phi) is 4.28. The number of carbonyl (C=O) groups excluding carboxylic acids is 1. The molecule has 2 aromatic rings. The van der Waals surface area contributed by atoms with E-state index in [-0.39, 0.29) is 0 Å². The van der Waals surface area contributed by atoms with Crippen LogP contribution in [-0.4, -0.2) is 22.0 Å². The summed E-state index contributed by atoms with van der Waals surface area (Å²) < 4.78 is 0.608. The summed E-state index contributed by atoms with van der Waals surface area (Å²) in [5.74, 6) is -1.57. The van der Waals surface area contributed by atoms with Crippen molar-refractivity contribution < 1.29 is 14.7 Å². The summed E-state index contributed by atoms with van der Waals surface area (Å²) >= 11 is 4.45. The number of hydrogen-bond donors (Lipinski definition) is 2. The van der Waals surface area contributed by atoms with Crippen LogP contribution in [-0.2, 0) is 4.79 Å². The van der Waals surface area contributed by atoms with Crippen LogP contribution >= 0.6 is 27.3 Å². The standard InChI is InChI=1S/C12H9BrN2O3S/c13-9-4-3-7(6-14-9)11(16)15-10(12(17)18)8-2-1-5-19-8/h1-6,10H,(H,15,16)(H,17,18). The molecule has 1 amide bonds. The topological polar surface area (TPSA) is 79.3 Å². The molecule has 0 saturated heterocycles. The highest BCUT2D eigenvalue weighted by atomic mass is 79.9. The van der Waals surface area contributed by atoms with Crippen LogP contribution in [0.2, 0.25) is 0 Å². The van der Waals surface area contributed by atoms with Gasteiger partial charge in [0.15, 0.2) is 6.04 Å². The maximum atomic E-state index is 11.9. The summed E-state index contributed by atoms with van der Waals surface area (Å²) in [6.45, 7) is 0. The Morgan fingerprint density at radius 2 is 2.16 bits per heavy atom. The number of pyridine rings is 1. The van der Waals surface area contributed by atoms with Crippen molar-refractivity contribution in [2.45, 2.75) is 6.04 Å².